The molecule has 1 heterocycles. The van der Waals surface area contributed by atoms with E-state index in [1.54, 1.807) is 66.7 Å². The summed E-state index contributed by atoms with van der Waals surface area (Å²) in [5, 5.41) is 2.21. The third kappa shape index (κ3) is 5.86. The highest BCUT2D eigenvalue weighted by atomic mass is 19.1. The number of nitrogens with zero attached hydrogens (tertiary/aromatic N) is 1. The van der Waals surface area contributed by atoms with E-state index in [1.807, 2.05) is 30.3 Å². The summed E-state index contributed by atoms with van der Waals surface area (Å²) in [4.78, 5) is 39.5. The summed E-state index contributed by atoms with van der Waals surface area (Å²) in [5.41, 5.74) is 1.80. The highest BCUT2D eigenvalue weighted by Crippen LogP contribution is 2.27. The van der Waals surface area contributed by atoms with Crippen LogP contribution in [0.5, 0.6) is 11.5 Å². The number of hydrogen-bond acceptors (Lipinski definition) is 5. The third-order valence-corrected chi connectivity index (χ3v) is 6.00. The zero-order valence-electron chi connectivity index (χ0n) is 20.7. The van der Waals surface area contributed by atoms with Crippen LogP contribution in [0.25, 0.3) is 6.08 Å². The molecule has 0 bridgehead atoms. The first-order chi connectivity index (χ1) is 19.0. The van der Waals surface area contributed by atoms with Crippen LogP contribution >= 0.6 is 0 Å². The van der Waals surface area contributed by atoms with Crippen LogP contribution in [-0.2, 0) is 22.8 Å². The number of benzene rings is 4. The lowest BCUT2D eigenvalue weighted by molar-refractivity contribution is -0.122. The summed E-state index contributed by atoms with van der Waals surface area (Å²) in [6.07, 6.45) is 1.35. The molecule has 8 heteroatoms. The summed E-state index contributed by atoms with van der Waals surface area (Å²) >= 11 is 0. The van der Waals surface area contributed by atoms with Gasteiger partial charge in [0.2, 0.25) is 0 Å². The number of para-hydroxylation sites is 1. The fraction of sp³-hybridized carbons (Fsp3) is 0.0645. The van der Waals surface area contributed by atoms with E-state index in [9.17, 15) is 18.8 Å². The molecule has 194 valence electrons. The maximum Gasteiger partial charge on any atom is 0.335 e. The van der Waals surface area contributed by atoms with Gasteiger partial charge in [0.15, 0.2) is 0 Å². The molecule has 0 unspecified atom stereocenters. The number of nitrogens with one attached hydrogen (secondary N) is 1. The highest BCUT2D eigenvalue weighted by Gasteiger charge is 2.37. The second-order valence-electron chi connectivity index (χ2n) is 8.64. The van der Waals surface area contributed by atoms with E-state index in [0.29, 0.717) is 29.2 Å². The van der Waals surface area contributed by atoms with Crippen LogP contribution in [-0.4, -0.2) is 17.8 Å². The van der Waals surface area contributed by atoms with E-state index in [2.05, 4.69) is 5.32 Å². The van der Waals surface area contributed by atoms with Crippen molar-refractivity contribution in [2.75, 3.05) is 4.90 Å². The van der Waals surface area contributed by atoms with Crippen molar-refractivity contribution >= 4 is 29.6 Å². The third-order valence-electron chi connectivity index (χ3n) is 6.00. The molecule has 7 nitrogen and oxygen atoms in total. The van der Waals surface area contributed by atoms with Gasteiger partial charge < -0.3 is 9.47 Å². The summed E-state index contributed by atoms with van der Waals surface area (Å²) in [7, 11) is 0. The zero-order valence-corrected chi connectivity index (χ0v) is 20.7. The average Bonchev–Trinajstić information content (AvgIpc) is 2.95. The number of ether oxygens (including phenoxy) is 2. The number of urea groups is 1. The van der Waals surface area contributed by atoms with Gasteiger partial charge in [-0.3, -0.25) is 14.9 Å². The Kier molecular flexibility index (Phi) is 7.45. The van der Waals surface area contributed by atoms with Crippen LogP contribution in [0.4, 0.5) is 14.9 Å². The van der Waals surface area contributed by atoms with Crippen molar-refractivity contribution in [1.29, 1.82) is 0 Å². The molecule has 0 saturated carbocycles. The molecule has 0 aliphatic carbocycles. The van der Waals surface area contributed by atoms with Gasteiger partial charge >= 0.3 is 6.03 Å². The maximum atomic E-state index is 14.0. The quantitative estimate of drug-likeness (QED) is 0.239. The Hall–Kier alpha value is -5.24. The Morgan fingerprint density at radius 3 is 2.21 bits per heavy atom. The van der Waals surface area contributed by atoms with E-state index in [1.165, 1.54) is 12.1 Å². The molecular formula is C31H23FN2O5. The van der Waals surface area contributed by atoms with Gasteiger partial charge in [-0.2, -0.15) is 0 Å². The predicted molar refractivity (Wildman–Crippen MR) is 143 cm³/mol. The lowest BCUT2D eigenvalue weighted by Crippen LogP contribution is -2.54. The van der Waals surface area contributed by atoms with E-state index >= 15 is 0 Å². The molecule has 4 amide bonds. The van der Waals surface area contributed by atoms with Crippen molar-refractivity contribution in [3.8, 4) is 11.5 Å². The number of barbiturate groups is 1. The monoisotopic (exact) mass is 522 g/mol. The van der Waals surface area contributed by atoms with Crippen LogP contribution in [0, 0.1) is 5.82 Å². The van der Waals surface area contributed by atoms with Crippen molar-refractivity contribution in [2.24, 2.45) is 0 Å². The standard InChI is InChI=1S/C31H23FN2O5/c32-27-12-6-4-11-23(27)20-39-28-13-7-5-10-22(28)18-26-29(35)33-31(37)34(30(26)36)24-14-16-25(17-15-24)38-19-21-8-2-1-3-9-21/h1-18H,19-20H2,(H,33,35,37)/b26-18+. The summed E-state index contributed by atoms with van der Waals surface area (Å²) < 4.78 is 25.6. The van der Waals surface area contributed by atoms with E-state index in [-0.39, 0.29) is 17.9 Å². The van der Waals surface area contributed by atoms with Crippen LogP contribution in [0.3, 0.4) is 0 Å². The lowest BCUT2D eigenvalue weighted by Gasteiger charge is -2.26. The number of carbonyl (C=O) groups is 3. The van der Waals surface area contributed by atoms with Crippen molar-refractivity contribution in [3.63, 3.8) is 0 Å². The molecular weight excluding hydrogens is 499 g/mol. The molecule has 39 heavy (non-hydrogen) atoms. The second-order valence-corrected chi connectivity index (χ2v) is 8.64. The molecule has 1 saturated heterocycles. The first kappa shape index (κ1) is 25.4. The Morgan fingerprint density at radius 1 is 0.744 bits per heavy atom. The normalized spacial score (nSPS) is 14.3. The lowest BCUT2D eigenvalue weighted by atomic mass is 10.1. The minimum absolute atomic E-state index is 0.0453. The Bertz CT molecular complexity index is 1550. The Balaban J connectivity index is 1.35. The molecule has 0 spiro atoms. The van der Waals surface area contributed by atoms with E-state index < -0.39 is 23.7 Å². The molecule has 0 atom stereocenters. The Morgan fingerprint density at radius 2 is 1.44 bits per heavy atom. The zero-order chi connectivity index (χ0) is 27.2. The minimum Gasteiger partial charge on any atom is -0.489 e. The number of anilines is 1. The van der Waals surface area contributed by atoms with Gasteiger partial charge in [-0.1, -0.05) is 66.7 Å². The molecule has 1 N–H and O–H groups in total. The van der Waals surface area contributed by atoms with Crippen molar-refractivity contribution in [3.05, 3.63) is 131 Å². The molecule has 1 aliphatic rings. The number of carbonyl (C=O) groups excluding carboxylic acids is 3. The van der Waals surface area contributed by atoms with Crippen LogP contribution < -0.4 is 19.7 Å². The summed E-state index contributed by atoms with van der Waals surface area (Å²) in [6.45, 7) is 0.319. The molecule has 4 aromatic carbocycles. The second kappa shape index (κ2) is 11.4. The Labute approximate surface area is 224 Å². The van der Waals surface area contributed by atoms with Crippen LogP contribution in [0.2, 0.25) is 0 Å². The molecule has 4 aromatic rings. The van der Waals surface area contributed by atoms with Gasteiger partial charge in [0, 0.05) is 11.1 Å². The van der Waals surface area contributed by atoms with Gasteiger partial charge in [0.25, 0.3) is 11.8 Å². The fourth-order valence-corrected chi connectivity index (χ4v) is 3.98. The van der Waals surface area contributed by atoms with Gasteiger partial charge in [-0.05, 0) is 48.0 Å². The van der Waals surface area contributed by atoms with E-state index in [4.69, 9.17) is 9.47 Å². The van der Waals surface area contributed by atoms with Crippen LogP contribution in [0.15, 0.2) is 109 Å². The number of amides is 4. The molecule has 0 radical (unpaired) electrons. The molecule has 1 aliphatic heterocycles. The fourth-order valence-electron chi connectivity index (χ4n) is 3.98. The average molecular weight is 523 g/mol. The molecule has 1 fully saturated rings. The number of hydrogen-bond donors (Lipinski definition) is 1. The van der Waals surface area contributed by atoms with E-state index in [0.717, 1.165) is 10.5 Å². The van der Waals surface area contributed by atoms with Gasteiger partial charge in [0.1, 0.15) is 36.1 Å². The molecule has 5 rings (SSSR count). The number of imide groups is 2. The number of halogens is 1. The van der Waals surface area contributed by atoms with Gasteiger partial charge in [-0.15, -0.1) is 0 Å². The smallest absolute Gasteiger partial charge is 0.335 e. The number of rotatable bonds is 8. The van der Waals surface area contributed by atoms with Crippen molar-refractivity contribution < 1.29 is 28.2 Å². The molecule has 0 aromatic heterocycles. The minimum atomic E-state index is -0.857. The summed E-state index contributed by atoms with van der Waals surface area (Å²) in [5.74, 6) is -1.11. The SMILES string of the molecule is O=C1NC(=O)N(c2ccc(OCc3ccccc3)cc2)C(=O)/C1=C/c1ccccc1OCc1ccccc1F. The predicted octanol–water partition coefficient (Wildman–Crippen LogP) is 5.65. The van der Waals surface area contributed by atoms with Gasteiger partial charge in [0.05, 0.1) is 5.69 Å². The first-order valence-electron chi connectivity index (χ1n) is 12.1. The largest absolute Gasteiger partial charge is 0.489 e. The van der Waals surface area contributed by atoms with Gasteiger partial charge in [-0.25, -0.2) is 14.1 Å². The highest BCUT2D eigenvalue weighted by molar-refractivity contribution is 6.39. The maximum absolute atomic E-state index is 14.0. The van der Waals surface area contributed by atoms with Crippen LogP contribution in [0.1, 0.15) is 16.7 Å². The van der Waals surface area contributed by atoms with Crippen molar-refractivity contribution in [1.82, 2.24) is 5.32 Å². The topological polar surface area (TPSA) is 84.9 Å². The summed E-state index contributed by atoms with van der Waals surface area (Å²) in [6, 6.07) is 28.2. The first-order valence-corrected chi connectivity index (χ1v) is 12.1. The van der Waals surface area contributed by atoms with Crippen molar-refractivity contribution in [2.45, 2.75) is 13.2 Å².